The normalized spacial score (nSPS) is 15.4. The van der Waals surface area contributed by atoms with Crippen LogP contribution in [0.25, 0.3) is 0 Å². The maximum atomic E-state index is 13.0. The predicted molar refractivity (Wildman–Crippen MR) is 116 cm³/mol. The van der Waals surface area contributed by atoms with Crippen molar-refractivity contribution in [3.05, 3.63) is 18.2 Å². The van der Waals surface area contributed by atoms with Crippen LogP contribution in [0, 0.1) is 0 Å². The zero-order valence-corrected chi connectivity index (χ0v) is 18.8. The number of benzene rings is 1. The molecule has 0 aromatic heterocycles. The second-order valence-electron chi connectivity index (χ2n) is 7.38. The number of nitrogens with one attached hydrogen (secondary N) is 1. The van der Waals surface area contributed by atoms with Crippen molar-refractivity contribution in [2.45, 2.75) is 57.8 Å². The number of carbonyl (C=O) groups is 1. The smallest absolute Gasteiger partial charge is 0.243 e. The minimum atomic E-state index is -3.58. The number of nitrogens with zero attached hydrogens (tertiary/aromatic N) is 2. The summed E-state index contributed by atoms with van der Waals surface area (Å²) in [6.07, 6.45) is 4.76. The van der Waals surface area contributed by atoms with E-state index in [-0.39, 0.29) is 17.3 Å². The molecule has 1 aliphatic rings. The molecule has 1 aliphatic heterocycles. The van der Waals surface area contributed by atoms with Crippen LogP contribution in [0.15, 0.2) is 23.1 Å². The van der Waals surface area contributed by atoms with Crippen LogP contribution in [0.5, 0.6) is 5.75 Å². The van der Waals surface area contributed by atoms with Gasteiger partial charge >= 0.3 is 0 Å². The number of ether oxygens (including phenoxy) is 1. The average Bonchev–Trinajstić information content (AvgIpc) is 2.70. The van der Waals surface area contributed by atoms with Gasteiger partial charge in [0, 0.05) is 13.1 Å². The van der Waals surface area contributed by atoms with Crippen molar-refractivity contribution >= 4 is 21.6 Å². The number of carbonyl (C=O) groups excluding carboxylic acids is 1. The van der Waals surface area contributed by atoms with Gasteiger partial charge in [0.25, 0.3) is 0 Å². The first kappa shape index (κ1) is 23.6. The molecular weight excluding hydrogens is 390 g/mol. The molecule has 1 fully saturated rings. The number of sulfonamides is 1. The maximum Gasteiger partial charge on any atom is 0.243 e. The SMILES string of the molecule is CCCN(CCC)CC(=O)Nc1cc(S(=O)(=O)N2CCCCC2)ccc1OCC. The highest BCUT2D eigenvalue weighted by molar-refractivity contribution is 7.89. The summed E-state index contributed by atoms with van der Waals surface area (Å²) in [5, 5.41) is 2.87. The monoisotopic (exact) mass is 425 g/mol. The molecule has 0 atom stereocenters. The van der Waals surface area contributed by atoms with Gasteiger partial charge in [-0.2, -0.15) is 4.31 Å². The van der Waals surface area contributed by atoms with Gasteiger partial charge in [0.2, 0.25) is 15.9 Å². The fraction of sp³-hybridized carbons (Fsp3) is 0.667. The molecule has 1 saturated heterocycles. The highest BCUT2D eigenvalue weighted by atomic mass is 32.2. The Morgan fingerprint density at radius 3 is 2.34 bits per heavy atom. The molecule has 0 saturated carbocycles. The number of amides is 1. The molecule has 2 rings (SSSR count). The highest BCUT2D eigenvalue weighted by Crippen LogP contribution is 2.30. The van der Waals surface area contributed by atoms with Crippen LogP contribution in [-0.4, -0.2) is 62.9 Å². The number of anilines is 1. The van der Waals surface area contributed by atoms with Crippen LogP contribution in [0.1, 0.15) is 52.9 Å². The van der Waals surface area contributed by atoms with Crippen LogP contribution in [0.2, 0.25) is 0 Å². The minimum Gasteiger partial charge on any atom is -0.492 e. The molecule has 1 aromatic carbocycles. The van der Waals surface area contributed by atoms with Crippen molar-refractivity contribution in [3.8, 4) is 5.75 Å². The van der Waals surface area contributed by atoms with E-state index < -0.39 is 10.0 Å². The van der Waals surface area contributed by atoms with Gasteiger partial charge in [0.1, 0.15) is 5.75 Å². The Morgan fingerprint density at radius 1 is 1.10 bits per heavy atom. The standard InChI is InChI=1S/C21H35N3O4S/c1-4-12-23(13-5-2)17-21(25)22-19-16-18(10-11-20(19)28-6-3)29(26,27)24-14-8-7-9-15-24/h10-11,16H,4-9,12-15,17H2,1-3H3,(H,22,25). The first-order chi connectivity index (χ1) is 13.9. The van der Waals surface area contributed by atoms with Crippen molar-refractivity contribution < 1.29 is 17.9 Å². The fourth-order valence-corrected chi connectivity index (χ4v) is 5.14. The molecule has 1 aromatic rings. The lowest BCUT2D eigenvalue weighted by Crippen LogP contribution is -2.36. The quantitative estimate of drug-likeness (QED) is 0.588. The van der Waals surface area contributed by atoms with Crippen LogP contribution in [0.4, 0.5) is 5.69 Å². The van der Waals surface area contributed by atoms with E-state index in [2.05, 4.69) is 24.1 Å². The molecule has 0 bridgehead atoms. The first-order valence-electron chi connectivity index (χ1n) is 10.7. The van der Waals surface area contributed by atoms with E-state index in [0.717, 1.165) is 45.2 Å². The summed E-state index contributed by atoms with van der Waals surface area (Å²) in [5.74, 6) is 0.316. The van der Waals surface area contributed by atoms with E-state index in [1.165, 1.54) is 10.4 Å². The fourth-order valence-electron chi connectivity index (χ4n) is 3.60. The predicted octanol–water partition coefficient (Wildman–Crippen LogP) is 3.32. The van der Waals surface area contributed by atoms with Gasteiger partial charge in [0.15, 0.2) is 0 Å². The number of hydrogen-bond acceptors (Lipinski definition) is 5. The molecule has 0 unspecified atom stereocenters. The Bertz CT molecular complexity index is 755. The van der Waals surface area contributed by atoms with Crippen molar-refractivity contribution in [1.82, 2.24) is 9.21 Å². The summed E-state index contributed by atoms with van der Waals surface area (Å²) in [4.78, 5) is 14.9. The number of piperidine rings is 1. The summed E-state index contributed by atoms with van der Waals surface area (Å²) >= 11 is 0. The lowest BCUT2D eigenvalue weighted by molar-refractivity contribution is -0.117. The van der Waals surface area contributed by atoms with Crippen LogP contribution in [-0.2, 0) is 14.8 Å². The van der Waals surface area contributed by atoms with Gasteiger partial charge in [-0.25, -0.2) is 8.42 Å². The summed E-state index contributed by atoms with van der Waals surface area (Å²) in [5.41, 5.74) is 0.405. The molecule has 0 aliphatic carbocycles. The third kappa shape index (κ3) is 6.69. The average molecular weight is 426 g/mol. The third-order valence-corrected chi connectivity index (χ3v) is 6.82. The van der Waals surface area contributed by atoms with Gasteiger partial charge in [0.05, 0.1) is 23.7 Å². The third-order valence-electron chi connectivity index (χ3n) is 4.92. The molecule has 8 heteroatoms. The highest BCUT2D eigenvalue weighted by Gasteiger charge is 2.27. The number of hydrogen-bond donors (Lipinski definition) is 1. The van der Waals surface area contributed by atoms with Crippen LogP contribution in [0.3, 0.4) is 0 Å². The molecule has 7 nitrogen and oxygen atoms in total. The van der Waals surface area contributed by atoms with Crippen molar-refractivity contribution in [2.75, 3.05) is 44.6 Å². The molecule has 1 heterocycles. The van der Waals surface area contributed by atoms with Gasteiger partial charge < -0.3 is 10.1 Å². The Morgan fingerprint density at radius 2 is 1.76 bits per heavy atom. The van der Waals surface area contributed by atoms with Crippen molar-refractivity contribution in [1.29, 1.82) is 0 Å². The lowest BCUT2D eigenvalue weighted by Gasteiger charge is -2.26. The molecule has 1 amide bonds. The largest absolute Gasteiger partial charge is 0.492 e. The molecule has 1 N–H and O–H groups in total. The Kier molecular flexibility index (Phi) is 9.39. The van der Waals surface area contributed by atoms with E-state index in [1.54, 1.807) is 12.1 Å². The van der Waals surface area contributed by atoms with E-state index in [0.29, 0.717) is 31.1 Å². The molecule has 0 spiro atoms. The second kappa shape index (κ2) is 11.5. The van der Waals surface area contributed by atoms with Crippen LogP contribution >= 0.6 is 0 Å². The van der Waals surface area contributed by atoms with Gasteiger partial charge in [-0.1, -0.05) is 20.3 Å². The van der Waals surface area contributed by atoms with Gasteiger partial charge in [-0.05, 0) is 63.9 Å². The summed E-state index contributed by atoms with van der Waals surface area (Å²) in [6, 6.07) is 4.72. The zero-order chi connectivity index (χ0) is 21.3. The summed E-state index contributed by atoms with van der Waals surface area (Å²) in [7, 11) is -3.58. The first-order valence-corrected chi connectivity index (χ1v) is 12.2. The van der Waals surface area contributed by atoms with E-state index in [4.69, 9.17) is 4.74 Å². The van der Waals surface area contributed by atoms with Gasteiger partial charge in [-0.15, -0.1) is 0 Å². The lowest BCUT2D eigenvalue weighted by atomic mass is 10.2. The van der Waals surface area contributed by atoms with Gasteiger partial charge in [-0.3, -0.25) is 9.69 Å². The Labute approximate surface area is 175 Å². The molecule has 164 valence electrons. The van der Waals surface area contributed by atoms with Crippen molar-refractivity contribution in [3.63, 3.8) is 0 Å². The second-order valence-corrected chi connectivity index (χ2v) is 9.32. The molecular formula is C21H35N3O4S. The molecule has 29 heavy (non-hydrogen) atoms. The molecule has 0 radical (unpaired) electrons. The van der Waals surface area contributed by atoms with E-state index >= 15 is 0 Å². The number of rotatable bonds is 11. The topological polar surface area (TPSA) is 79.0 Å². The van der Waals surface area contributed by atoms with Crippen molar-refractivity contribution in [2.24, 2.45) is 0 Å². The maximum absolute atomic E-state index is 13.0. The summed E-state index contributed by atoms with van der Waals surface area (Å²) in [6.45, 7) is 9.52. The van der Waals surface area contributed by atoms with E-state index in [1.807, 2.05) is 6.92 Å². The van der Waals surface area contributed by atoms with E-state index in [9.17, 15) is 13.2 Å². The minimum absolute atomic E-state index is 0.166. The van der Waals surface area contributed by atoms with Crippen LogP contribution < -0.4 is 10.1 Å². The zero-order valence-electron chi connectivity index (χ0n) is 17.9. The summed E-state index contributed by atoms with van der Waals surface area (Å²) < 4.78 is 33.2. The Hall–Kier alpha value is -1.64. The Balaban J connectivity index is 2.22.